The molecule has 2 heterocycles. The molecule has 1 fully saturated rings. The Morgan fingerprint density at radius 1 is 1.12 bits per heavy atom. The number of aryl methyl sites for hydroxylation is 2. The number of amides is 2. The number of aromatic nitrogens is 2. The fourth-order valence-corrected chi connectivity index (χ4v) is 3.10. The Labute approximate surface area is 153 Å². The molecule has 0 radical (unpaired) electrons. The molecule has 138 valence electrons. The van der Waals surface area contributed by atoms with Gasteiger partial charge >= 0.3 is 6.03 Å². The second-order valence-corrected chi connectivity index (χ2v) is 6.54. The molecule has 0 spiro atoms. The molecule has 1 aliphatic heterocycles. The monoisotopic (exact) mass is 355 g/mol. The predicted molar refractivity (Wildman–Crippen MR) is 102 cm³/mol. The number of urea groups is 1. The highest BCUT2D eigenvalue weighted by Crippen LogP contribution is 2.18. The molecular formula is C19H25N5O2. The first kappa shape index (κ1) is 18.0. The zero-order chi connectivity index (χ0) is 18.5. The third-order valence-corrected chi connectivity index (χ3v) is 4.43. The first-order chi connectivity index (χ1) is 12.5. The molecule has 0 atom stereocenters. The van der Waals surface area contributed by atoms with E-state index in [4.69, 9.17) is 4.74 Å². The molecule has 0 unspecified atom stereocenters. The molecule has 3 rings (SSSR count). The number of hydrogen-bond acceptors (Lipinski definition) is 5. The summed E-state index contributed by atoms with van der Waals surface area (Å²) in [5.74, 6) is 1.54. The van der Waals surface area contributed by atoms with Gasteiger partial charge in [0, 0.05) is 36.2 Å². The molecule has 26 heavy (non-hydrogen) atoms. The van der Waals surface area contributed by atoms with Crippen molar-refractivity contribution >= 4 is 17.7 Å². The molecule has 0 bridgehead atoms. The number of piperidine rings is 1. The molecular weight excluding hydrogens is 330 g/mol. The molecule has 1 aromatic carbocycles. The van der Waals surface area contributed by atoms with Gasteiger partial charge in [-0.2, -0.15) is 0 Å². The highest BCUT2D eigenvalue weighted by atomic mass is 16.5. The number of anilines is 2. The maximum absolute atomic E-state index is 12.2. The summed E-state index contributed by atoms with van der Waals surface area (Å²) < 4.78 is 5.11. The molecule has 0 saturated carbocycles. The van der Waals surface area contributed by atoms with E-state index in [1.807, 2.05) is 44.2 Å². The molecule has 1 saturated heterocycles. The molecule has 7 heteroatoms. The largest absolute Gasteiger partial charge is 0.497 e. The fraction of sp³-hybridized carbons (Fsp3) is 0.421. The lowest BCUT2D eigenvalue weighted by Gasteiger charge is -2.32. The van der Waals surface area contributed by atoms with Crippen LogP contribution in [0.1, 0.15) is 24.2 Å². The minimum Gasteiger partial charge on any atom is -0.497 e. The summed E-state index contributed by atoms with van der Waals surface area (Å²) in [5, 5.41) is 5.90. The molecule has 1 aromatic heterocycles. The van der Waals surface area contributed by atoms with Crippen LogP contribution >= 0.6 is 0 Å². The Kier molecular flexibility index (Phi) is 5.55. The van der Waals surface area contributed by atoms with Crippen molar-refractivity contribution in [3.05, 3.63) is 41.7 Å². The lowest BCUT2D eigenvalue weighted by Crippen LogP contribution is -2.46. The van der Waals surface area contributed by atoms with Crippen molar-refractivity contribution in [2.24, 2.45) is 0 Å². The van der Waals surface area contributed by atoms with Gasteiger partial charge in [-0.15, -0.1) is 0 Å². The smallest absolute Gasteiger partial charge is 0.319 e. The zero-order valence-corrected chi connectivity index (χ0v) is 15.5. The summed E-state index contributed by atoms with van der Waals surface area (Å²) in [7, 11) is 1.62. The molecule has 2 N–H and O–H groups in total. The number of rotatable bonds is 4. The summed E-state index contributed by atoms with van der Waals surface area (Å²) in [6.07, 6.45) is 1.73. The molecule has 7 nitrogen and oxygen atoms in total. The summed E-state index contributed by atoms with van der Waals surface area (Å²) in [4.78, 5) is 23.4. The van der Waals surface area contributed by atoms with Crippen molar-refractivity contribution in [3.63, 3.8) is 0 Å². The minimum atomic E-state index is -0.184. The summed E-state index contributed by atoms with van der Waals surface area (Å²) in [5.41, 5.74) is 2.70. The minimum absolute atomic E-state index is 0.149. The van der Waals surface area contributed by atoms with Crippen LogP contribution in [0.3, 0.4) is 0 Å². The third kappa shape index (κ3) is 4.62. The summed E-state index contributed by atoms with van der Waals surface area (Å²) in [6.45, 7) is 5.62. The zero-order valence-electron chi connectivity index (χ0n) is 15.5. The van der Waals surface area contributed by atoms with Gasteiger partial charge in [-0.05, 0) is 57.0 Å². The van der Waals surface area contributed by atoms with Gasteiger partial charge in [-0.1, -0.05) is 0 Å². The number of methoxy groups -OCH3 is 1. The second kappa shape index (κ2) is 8.03. The first-order valence-corrected chi connectivity index (χ1v) is 8.82. The van der Waals surface area contributed by atoms with Gasteiger partial charge in [0.25, 0.3) is 0 Å². The fourth-order valence-electron chi connectivity index (χ4n) is 3.10. The van der Waals surface area contributed by atoms with Crippen LogP contribution in [0.2, 0.25) is 0 Å². The van der Waals surface area contributed by atoms with E-state index in [0.29, 0.717) is 0 Å². The Morgan fingerprint density at radius 2 is 1.73 bits per heavy atom. The Morgan fingerprint density at radius 3 is 2.31 bits per heavy atom. The number of benzene rings is 1. The maximum atomic E-state index is 12.2. The average Bonchev–Trinajstić information content (AvgIpc) is 2.62. The van der Waals surface area contributed by atoms with E-state index in [0.717, 1.165) is 54.7 Å². The quantitative estimate of drug-likeness (QED) is 0.882. The lowest BCUT2D eigenvalue weighted by atomic mass is 10.1. The van der Waals surface area contributed by atoms with Crippen molar-refractivity contribution < 1.29 is 9.53 Å². The van der Waals surface area contributed by atoms with Crippen molar-refractivity contribution in [2.45, 2.75) is 32.7 Å². The highest BCUT2D eigenvalue weighted by Gasteiger charge is 2.22. The van der Waals surface area contributed by atoms with Gasteiger partial charge in [-0.25, -0.2) is 14.8 Å². The van der Waals surface area contributed by atoms with E-state index in [2.05, 4.69) is 25.5 Å². The Hall–Kier alpha value is -2.83. The van der Waals surface area contributed by atoms with Gasteiger partial charge in [-0.3, -0.25) is 0 Å². The number of nitrogens with one attached hydrogen (secondary N) is 2. The maximum Gasteiger partial charge on any atom is 0.319 e. The Balaban J connectivity index is 1.49. The van der Waals surface area contributed by atoms with Gasteiger partial charge in [0.05, 0.1) is 7.11 Å². The third-order valence-electron chi connectivity index (χ3n) is 4.43. The van der Waals surface area contributed by atoms with Gasteiger partial charge in [0.15, 0.2) is 0 Å². The van der Waals surface area contributed by atoms with Crippen LogP contribution in [0.5, 0.6) is 5.75 Å². The van der Waals surface area contributed by atoms with Crippen LogP contribution in [0.15, 0.2) is 30.3 Å². The van der Waals surface area contributed by atoms with Crippen molar-refractivity contribution in [3.8, 4) is 5.75 Å². The van der Waals surface area contributed by atoms with Crippen molar-refractivity contribution in [1.82, 2.24) is 15.3 Å². The van der Waals surface area contributed by atoms with Gasteiger partial charge in [0.2, 0.25) is 5.95 Å². The second-order valence-electron chi connectivity index (χ2n) is 6.54. The molecule has 2 aromatic rings. The average molecular weight is 355 g/mol. The number of nitrogens with zero attached hydrogens (tertiary/aromatic N) is 3. The highest BCUT2D eigenvalue weighted by molar-refractivity contribution is 5.89. The van der Waals surface area contributed by atoms with E-state index in [-0.39, 0.29) is 12.1 Å². The number of carbonyl (C=O) groups is 1. The summed E-state index contributed by atoms with van der Waals surface area (Å²) >= 11 is 0. The SMILES string of the molecule is COc1ccc(NC(=O)NC2CCN(c3nc(C)cc(C)n3)CC2)cc1. The van der Waals surface area contributed by atoms with E-state index in [1.54, 1.807) is 7.11 Å². The van der Waals surface area contributed by atoms with Crippen LogP contribution < -0.4 is 20.3 Å². The number of ether oxygens (including phenoxy) is 1. The number of carbonyl (C=O) groups excluding carboxylic acids is 1. The van der Waals surface area contributed by atoms with Crippen LogP contribution in [-0.2, 0) is 0 Å². The summed E-state index contributed by atoms with van der Waals surface area (Å²) in [6, 6.07) is 9.21. The lowest BCUT2D eigenvalue weighted by molar-refractivity contribution is 0.246. The Bertz CT molecular complexity index is 735. The predicted octanol–water partition coefficient (Wildman–Crippen LogP) is 2.89. The molecule has 2 amide bonds. The van der Waals surface area contributed by atoms with Crippen LogP contribution in [0.4, 0.5) is 16.4 Å². The van der Waals surface area contributed by atoms with Crippen molar-refractivity contribution in [2.75, 3.05) is 30.4 Å². The van der Waals surface area contributed by atoms with Crippen LogP contribution in [0.25, 0.3) is 0 Å². The molecule has 0 aliphatic carbocycles. The van der Waals surface area contributed by atoms with E-state index in [1.165, 1.54) is 0 Å². The first-order valence-electron chi connectivity index (χ1n) is 8.82. The van der Waals surface area contributed by atoms with Crippen LogP contribution in [0, 0.1) is 13.8 Å². The van der Waals surface area contributed by atoms with E-state index >= 15 is 0 Å². The van der Waals surface area contributed by atoms with E-state index < -0.39 is 0 Å². The van der Waals surface area contributed by atoms with Crippen molar-refractivity contribution in [1.29, 1.82) is 0 Å². The topological polar surface area (TPSA) is 79.4 Å². The van der Waals surface area contributed by atoms with E-state index in [9.17, 15) is 4.79 Å². The van der Waals surface area contributed by atoms with Crippen LogP contribution in [-0.4, -0.2) is 42.2 Å². The normalized spacial score (nSPS) is 14.8. The van der Waals surface area contributed by atoms with Gasteiger partial charge < -0.3 is 20.3 Å². The van der Waals surface area contributed by atoms with Gasteiger partial charge in [0.1, 0.15) is 5.75 Å². The standard InChI is InChI=1S/C19H25N5O2/c1-13-12-14(2)21-18(20-13)24-10-8-16(9-11-24)23-19(25)22-15-4-6-17(26-3)7-5-15/h4-7,12,16H,8-11H2,1-3H3,(H2,22,23,25). The molecule has 1 aliphatic rings. The number of hydrogen-bond donors (Lipinski definition) is 2.